The molecule has 2 atom stereocenters. The smallest absolute Gasteiger partial charge is 0.324 e. The normalized spacial score (nSPS) is 27.9. The van der Waals surface area contributed by atoms with E-state index in [1.807, 2.05) is 24.8 Å². The first-order valence-electron chi connectivity index (χ1n) is 4.01. The van der Waals surface area contributed by atoms with Crippen LogP contribution in [0.5, 0.6) is 0 Å². The van der Waals surface area contributed by atoms with Gasteiger partial charge in [0.05, 0.1) is 7.11 Å². The molecule has 3 nitrogen and oxygen atoms in total. The summed E-state index contributed by atoms with van der Waals surface area (Å²) >= 11 is 0. The molecule has 1 fully saturated rings. The highest BCUT2D eigenvalue weighted by Gasteiger charge is 2.48. The predicted molar refractivity (Wildman–Crippen MR) is 46.8 cm³/mol. The summed E-state index contributed by atoms with van der Waals surface area (Å²) in [7, 11) is 1.42. The van der Waals surface area contributed by atoms with Crippen molar-refractivity contribution in [3.8, 4) is 0 Å². The SMILES string of the molecule is C=CC(C)(C)N1CC1C(=O)OC. The van der Waals surface area contributed by atoms with Crippen LogP contribution < -0.4 is 0 Å². The summed E-state index contributed by atoms with van der Waals surface area (Å²) in [6, 6.07) is -0.0528. The molecule has 0 aromatic heterocycles. The van der Waals surface area contributed by atoms with E-state index < -0.39 is 0 Å². The number of hydrogen-bond donors (Lipinski definition) is 0. The molecule has 1 heterocycles. The lowest BCUT2D eigenvalue weighted by molar-refractivity contribution is -0.141. The van der Waals surface area contributed by atoms with Crippen LogP contribution in [-0.4, -0.2) is 36.1 Å². The predicted octanol–water partition coefficient (Wildman–Crippen LogP) is 0.808. The van der Waals surface area contributed by atoms with Crippen LogP contribution in [0.15, 0.2) is 12.7 Å². The Morgan fingerprint density at radius 3 is 2.75 bits per heavy atom. The van der Waals surface area contributed by atoms with Crippen LogP contribution in [0.3, 0.4) is 0 Å². The molecule has 12 heavy (non-hydrogen) atoms. The second-order valence-corrected chi connectivity index (χ2v) is 3.55. The van der Waals surface area contributed by atoms with Crippen molar-refractivity contribution in [3.63, 3.8) is 0 Å². The maximum Gasteiger partial charge on any atom is 0.324 e. The van der Waals surface area contributed by atoms with Gasteiger partial charge in [0.25, 0.3) is 0 Å². The second kappa shape index (κ2) is 2.90. The summed E-state index contributed by atoms with van der Waals surface area (Å²) in [6.07, 6.45) is 1.84. The lowest BCUT2D eigenvalue weighted by atomic mass is 10.1. The van der Waals surface area contributed by atoms with Gasteiger partial charge < -0.3 is 4.74 Å². The molecule has 0 spiro atoms. The Labute approximate surface area is 73.0 Å². The summed E-state index contributed by atoms with van der Waals surface area (Å²) in [5.74, 6) is -0.148. The Hall–Kier alpha value is -0.830. The third-order valence-corrected chi connectivity index (χ3v) is 2.33. The lowest BCUT2D eigenvalue weighted by Gasteiger charge is -2.21. The van der Waals surface area contributed by atoms with E-state index >= 15 is 0 Å². The molecule has 2 unspecified atom stereocenters. The summed E-state index contributed by atoms with van der Waals surface area (Å²) in [5, 5.41) is 0. The third-order valence-electron chi connectivity index (χ3n) is 2.33. The van der Waals surface area contributed by atoms with Crippen molar-refractivity contribution in [2.45, 2.75) is 25.4 Å². The van der Waals surface area contributed by atoms with Crippen molar-refractivity contribution >= 4 is 5.97 Å². The average Bonchev–Trinajstić information content (AvgIpc) is 2.82. The van der Waals surface area contributed by atoms with Gasteiger partial charge >= 0.3 is 5.97 Å². The van der Waals surface area contributed by atoms with Gasteiger partial charge in [-0.05, 0) is 13.8 Å². The van der Waals surface area contributed by atoms with E-state index in [-0.39, 0.29) is 17.6 Å². The van der Waals surface area contributed by atoms with Crippen LogP contribution in [0.1, 0.15) is 13.8 Å². The molecule has 68 valence electrons. The Morgan fingerprint density at radius 1 is 1.75 bits per heavy atom. The number of carbonyl (C=O) groups is 1. The van der Waals surface area contributed by atoms with E-state index in [1.54, 1.807) is 0 Å². The Bertz CT molecular complexity index is 211. The minimum atomic E-state index is -0.148. The quantitative estimate of drug-likeness (QED) is 0.355. The van der Waals surface area contributed by atoms with E-state index in [0.29, 0.717) is 0 Å². The number of rotatable bonds is 3. The molecule has 0 saturated carbocycles. The zero-order valence-electron chi connectivity index (χ0n) is 7.83. The summed E-state index contributed by atoms with van der Waals surface area (Å²) in [6.45, 7) is 8.56. The number of hydrogen-bond acceptors (Lipinski definition) is 3. The lowest BCUT2D eigenvalue weighted by Crippen LogP contribution is -2.31. The van der Waals surface area contributed by atoms with Crippen LogP contribution in [0, 0.1) is 0 Å². The van der Waals surface area contributed by atoms with Gasteiger partial charge in [-0.3, -0.25) is 9.69 Å². The maximum atomic E-state index is 11.0. The minimum absolute atomic E-state index is 0.0528. The highest BCUT2D eigenvalue weighted by atomic mass is 16.5. The van der Waals surface area contributed by atoms with E-state index in [4.69, 9.17) is 0 Å². The van der Waals surface area contributed by atoms with Crippen molar-refractivity contribution in [3.05, 3.63) is 12.7 Å². The molecule has 0 amide bonds. The van der Waals surface area contributed by atoms with E-state index in [1.165, 1.54) is 7.11 Å². The average molecular weight is 169 g/mol. The number of nitrogens with zero attached hydrogens (tertiary/aromatic N) is 1. The summed E-state index contributed by atoms with van der Waals surface area (Å²) in [4.78, 5) is 13.1. The first-order valence-corrected chi connectivity index (χ1v) is 4.01. The topological polar surface area (TPSA) is 29.3 Å². The highest BCUT2D eigenvalue weighted by Crippen LogP contribution is 2.30. The van der Waals surface area contributed by atoms with Gasteiger partial charge in [-0.25, -0.2) is 0 Å². The first-order chi connectivity index (χ1) is 5.53. The molecular formula is C9H15NO2. The van der Waals surface area contributed by atoms with Gasteiger partial charge in [0.1, 0.15) is 6.04 Å². The molecule has 1 rings (SSSR count). The Kier molecular flexibility index (Phi) is 2.24. The fraction of sp³-hybridized carbons (Fsp3) is 0.667. The van der Waals surface area contributed by atoms with Crippen LogP contribution in [0.25, 0.3) is 0 Å². The molecule has 0 aliphatic carbocycles. The number of ether oxygens (including phenoxy) is 1. The monoisotopic (exact) mass is 169 g/mol. The van der Waals surface area contributed by atoms with Crippen molar-refractivity contribution in [1.29, 1.82) is 0 Å². The van der Waals surface area contributed by atoms with Crippen LogP contribution in [-0.2, 0) is 9.53 Å². The molecule has 1 saturated heterocycles. The van der Waals surface area contributed by atoms with Crippen molar-refractivity contribution in [2.24, 2.45) is 0 Å². The molecule has 0 radical (unpaired) electrons. The minimum Gasteiger partial charge on any atom is -0.468 e. The zero-order chi connectivity index (χ0) is 9.35. The molecule has 0 N–H and O–H groups in total. The molecule has 3 heteroatoms. The van der Waals surface area contributed by atoms with Gasteiger partial charge in [0.15, 0.2) is 0 Å². The van der Waals surface area contributed by atoms with Gasteiger partial charge in [-0.2, -0.15) is 0 Å². The van der Waals surface area contributed by atoms with Crippen molar-refractivity contribution in [2.75, 3.05) is 13.7 Å². The molecule has 0 bridgehead atoms. The Morgan fingerprint density at radius 2 is 2.33 bits per heavy atom. The van der Waals surface area contributed by atoms with Gasteiger partial charge in [-0.1, -0.05) is 6.08 Å². The third kappa shape index (κ3) is 1.50. The second-order valence-electron chi connectivity index (χ2n) is 3.55. The summed E-state index contributed by atoms with van der Waals surface area (Å²) < 4.78 is 4.63. The van der Waals surface area contributed by atoms with E-state index in [0.717, 1.165) is 6.54 Å². The molecule has 1 aliphatic rings. The van der Waals surface area contributed by atoms with Gasteiger partial charge in [-0.15, -0.1) is 6.58 Å². The van der Waals surface area contributed by atoms with Crippen LogP contribution >= 0.6 is 0 Å². The number of esters is 1. The standard InChI is InChI=1S/C9H15NO2/c1-5-9(2,3)10-6-7(10)8(11)12-4/h5,7H,1,6H2,2-4H3. The highest BCUT2D eigenvalue weighted by molar-refractivity contribution is 5.79. The fourth-order valence-electron chi connectivity index (χ4n) is 1.23. The van der Waals surface area contributed by atoms with Crippen LogP contribution in [0.4, 0.5) is 0 Å². The summed E-state index contributed by atoms with van der Waals surface area (Å²) in [5.41, 5.74) is -0.0984. The van der Waals surface area contributed by atoms with Gasteiger partial charge in [0, 0.05) is 12.1 Å². The molecule has 0 aromatic rings. The molecular weight excluding hydrogens is 154 g/mol. The van der Waals surface area contributed by atoms with Crippen molar-refractivity contribution in [1.82, 2.24) is 4.90 Å². The van der Waals surface area contributed by atoms with E-state index in [9.17, 15) is 4.79 Å². The fourth-order valence-corrected chi connectivity index (χ4v) is 1.23. The number of carbonyl (C=O) groups excluding carboxylic acids is 1. The van der Waals surface area contributed by atoms with Crippen LogP contribution in [0.2, 0.25) is 0 Å². The molecule has 1 aliphatic heterocycles. The number of methoxy groups -OCH3 is 1. The Balaban J connectivity index is 2.52. The van der Waals surface area contributed by atoms with Gasteiger partial charge in [0.2, 0.25) is 0 Å². The maximum absolute atomic E-state index is 11.0. The van der Waals surface area contributed by atoms with Crippen molar-refractivity contribution < 1.29 is 9.53 Å². The molecule has 0 aromatic carbocycles. The first kappa shape index (κ1) is 9.26. The van der Waals surface area contributed by atoms with E-state index in [2.05, 4.69) is 11.3 Å². The zero-order valence-corrected chi connectivity index (χ0v) is 7.83. The largest absolute Gasteiger partial charge is 0.468 e.